The summed E-state index contributed by atoms with van der Waals surface area (Å²) in [6.45, 7) is 2.17. The fourth-order valence-corrected chi connectivity index (χ4v) is 2.95. The maximum Gasteiger partial charge on any atom is 0.118 e. The fourth-order valence-electron chi connectivity index (χ4n) is 2.95. The van der Waals surface area contributed by atoms with E-state index < -0.39 is 0 Å². The molecule has 0 spiro atoms. The van der Waals surface area contributed by atoms with Gasteiger partial charge in [0, 0.05) is 18.8 Å². The normalized spacial score (nSPS) is 28.8. The minimum Gasteiger partial charge on any atom is -0.497 e. The Kier molecular flexibility index (Phi) is 3.00. The molecule has 0 aromatic heterocycles. The quantitative estimate of drug-likeness (QED) is 0.866. The van der Waals surface area contributed by atoms with Gasteiger partial charge in [0.2, 0.25) is 0 Å². The molecule has 0 saturated carbocycles. The van der Waals surface area contributed by atoms with Crippen LogP contribution in [0.4, 0.5) is 0 Å². The molecule has 1 atom stereocenters. The van der Waals surface area contributed by atoms with E-state index in [1.165, 1.54) is 0 Å². The van der Waals surface area contributed by atoms with Crippen LogP contribution in [0.5, 0.6) is 5.75 Å². The van der Waals surface area contributed by atoms with Crippen molar-refractivity contribution in [2.24, 2.45) is 5.92 Å². The lowest BCUT2D eigenvalue weighted by molar-refractivity contribution is 0.0215. The monoisotopic (exact) mass is 245 g/mol. The molecule has 1 N–H and O–H groups in total. The fraction of sp³-hybridized carbons (Fsp3) is 0.467. The summed E-state index contributed by atoms with van der Waals surface area (Å²) in [4.78, 5) is 2.31. The van der Waals surface area contributed by atoms with Gasteiger partial charge in [0.15, 0.2) is 0 Å². The Morgan fingerprint density at radius 2 is 1.89 bits per heavy atom. The summed E-state index contributed by atoms with van der Waals surface area (Å²) in [5.41, 5.74) is 2.21. The Morgan fingerprint density at radius 1 is 1.22 bits per heavy atom. The first-order chi connectivity index (χ1) is 8.78. The Labute approximate surface area is 108 Å². The van der Waals surface area contributed by atoms with E-state index in [1.807, 2.05) is 24.3 Å². The zero-order valence-electron chi connectivity index (χ0n) is 10.7. The average Bonchev–Trinajstić information content (AvgIpc) is 2.44. The molecule has 1 aromatic carbocycles. The molecule has 0 radical (unpaired) electrons. The van der Waals surface area contributed by atoms with E-state index in [9.17, 15) is 5.11 Å². The topological polar surface area (TPSA) is 32.7 Å². The van der Waals surface area contributed by atoms with E-state index in [1.54, 1.807) is 7.11 Å². The van der Waals surface area contributed by atoms with Gasteiger partial charge in [-0.2, -0.15) is 0 Å². The third-order valence-electron chi connectivity index (χ3n) is 4.08. The zero-order valence-corrected chi connectivity index (χ0v) is 10.7. The summed E-state index contributed by atoms with van der Waals surface area (Å²) in [6, 6.07) is 7.97. The summed E-state index contributed by atoms with van der Waals surface area (Å²) in [7, 11) is 1.67. The van der Waals surface area contributed by atoms with Gasteiger partial charge < -0.3 is 14.7 Å². The minimum absolute atomic E-state index is 0.283. The van der Waals surface area contributed by atoms with Gasteiger partial charge in [-0.15, -0.1) is 0 Å². The van der Waals surface area contributed by atoms with Gasteiger partial charge in [0.25, 0.3) is 0 Å². The second kappa shape index (κ2) is 4.65. The lowest BCUT2D eigenvalue weighted by Gasteiger charge is -2.45. The van der Waals surface area contributed by atoms with Crippen LogP contribution >= 0.6 is 0 Å². The predicted octanol–water partition coefficient (Wildman–Crippen LogP) is 2.12. The van der Waals surface area contributed by atoms with Crippen LogP contribution in [-0.4, -0.2) is 36.3 Å². The highest BCUT2D eigenvalue weighted by molar-refractivity contribution is 5.55. The van der Waals surface area contributed by atoms with Crippen molar-refractivity contribution in [3.8, 4) is 5.75 Å². The third-order valence-corrected chi connectivity index (χ3v) is 4.08. The highest BCUT2D eigenvalue weighted by Crippen LogP contribution is 2.35. The first kappa shape index (κ1) is 11.6. The lowest BCUT2D eigenvalue weighted by atomic mass is 9.83. The Hall–Kier alpha value is -1.48. The number of ether oxygens (including phenoxy) is 1. The Balaban J connectivity index is 1.86. The summed E-state index contributed by atoms with van der Waals surface area (Å²) in [5.74, 6) is 1.32. The van der Waals surface area contributed by atoms with E-state index in [2.05, 4.69) is 11.0 Å². The number of hydrogen-bond acceptors (Lipinski definition) is 3. The van der Waals surface area contributed by atoms with Crippen molar-refractivity contribution in [2.75, 3.05) is 20.2 Å². The average molecular weight is 245 g/mol. The van der Waals surface area contributed by atoms with E-state index >= 15 is 0 Å². The van der Waals surface area contributed by atoms with Crippen molar-refractivity contribution in [3.63, 3.8) is 0 Å². The molecule has 4 rings (SSSR count). The molecule has 3 saturated heterocycles. The Morgan fingerprint density at radius 3 is 2.44 bits per heavy atom. The molecule has 0 unspecified atom stereocenters. The number of benzene rings is 1. The highest BCUT2D eigenvalue weighted by Gasteiger charge is 2.36. The molecule has 2 bridgehead atoms. The van der Waals surface area contributed by atoms with Gasteiger partial charge in [-0.25, -0.2) is 0 Å². The molecule has 96 valence electrons. The molecule has 0 amide bonds. The number of hydrogen-bond donors (Lipinski definition) is 1. The van der Waals surface area contributed by atoms with Crippen molar-refractivity contribution < 1.29 is 9.84 Å². The van der Waals surface area contributed by atoms with Gasteiger partial charge in [-0.05, 0) is 42.5 Å². The van der Waals surface area contributed by atoms with Crippen LogP contribution in [0, 0.1) is 5.92 Å². The van der Waals surface area contributed by atoms with Crippen molar-refractivity contribution in [1.82, 2.24) is 4.90 Å². The summed E-state index contributed by atoms with van der Waals surface area (Å²) < 4.78 is 5.15. The van der Waals surface area contributed by atoms with Crippen LogP contribution in [0.25, 0.3) is 6.08 Å². The SMILES string of the molecule is COc1ccc(/C=C2\[C@@H](O)C3CCN2CC3)cc1. The molecule has 3 nitrogen and oxygen atoms in total. The summed E-state index contributed by atoms with van der Waals surface area (Å²) >= 11 is 0. The molecule has 3 aliphatic heterocycles. The molecular formula is C15H19NO2. The lowest BCUT2D eigenvalue weighted by Crippen LogP contribution is -2.48. The van der Waals surface area contributed by atoms with Crippen molar-refractivity contribution in [1.29, 1.82) is 0 Å². The largest absolute Gasteiger partial charge is 0.497 e. The second-order valence-electron chi connectivity index (χ2n) is 5.11. The molecule has 1 aromatic rings. The number of aliphatic hydroxyl groups is 1. The predicted molar refractivity (Wildman–Crippen MR) is 71.3 cm³/mol. The van der Waals surface area contributed by atoms with Crippen molar-refractivity contribution >= 4 is 6.08 Å². The second-order valence-corrected chi connectivity index (χ2v) is 5.11. The van der Waals surface area contributed by atoms with Crippen molar-refractivity contribution in [3.05, 3.63) is 35.5 Å². The zero-order chi connectivity index (χ0) is 12.5. The van der Waals surface area contributed by atoms with Crippen LogP contribution in [0.3, 0.4) is 0 Å². The number of rotatable bonds is 2. The van der Waals surface area contributed by atoms with Crippen LogP contribution in [0.1, 0.15) is 18.4 Å². The number of fused-ring (bicyclic) bond motifs is 3. The molecular weight excluding hydrogens is 226 g/mol. The Bertz CT molecular complexity index is 440. The van der Waals surface area contributed by atoms with E-state index in [-0.39, 0.29) is 6.10 Å². The molecule has 3 aliphatic rings. The smallest absolute Gasteiger partial charge is 0.118 e. The van der Waals surface area contributed by atoms with Gasteiger partial charge >= 0.3 is 0 Å². The van der Waals surface area contributed by atoms with E-state index in [4.69, 9.17) is 4.74 Å². The number of methoxy groups -OCH3 is 1. The molecule has 3 heteroatoms. The first-order valence-electron chi connectivity index (χ1n) is 6.56. The van der Waals surface area contributed by atoms with Crippen LogP contribution < -0.4 is 4.74 Å². The molecule has 3 fully saturated rings. The summed E-state index contributed by atoms with van der Waals surface area (Å²) in [5, 5.41) is 10.3. The first-order valence-corrected chi connectivity index (χ1v) is 6.56. The molecule has 0 aliphatic carbocycles. The van der Waals surface area contributed by atoms with Gasteiger partial charge in [0.05, 0.1) is 13.2 Å². The standard InChI is InChI=1S/C15H19NO2/c1-18-13-4-2-11(3-5-13)10-14-15(17)12-6-8-16(14)9-7-12/h2-5,10,12,15,17H,6-9H2,1H3/b14-10+/t15-/m0/s1. The van der Waals surface area contributed by atoms with Crippen molar-refractivity contribution in [2.45, 2.75) is 18.9 Å². The summed E-state index contributed by atoms with van der Waals surface area (Å²) in [6.07, 6.45) is 4.08. The maximum absolute atomic E-state index is 10.3. The van der Waals surface area contributed by atoms with Crippen LogP contribution in [0.15, 0.2) is 30.0 Å². The highest BCUT2D eigenvalue weighted by atomic mass is 16.5. The van der Waals surface area contributed by atoms with E-state index in [0.29, 0.717) is 5.92 Å². The van der Waals surface area contributed by atoms with Gasteiger partial charge in [-0.1, -0.05) is 12.1 Å². The van der Waals surface area contributed by atoms with E-state index in [0.717, 1.165) is 42.9 Å². The maximum atomic E-state index is 10.3. The number of nitrogens with zero attached hydrogens (tertiary/aromatic N) is 1. The molecule has 3 heterocycles. The van der Waals surface area contributed by atoms with Crippen LogP contribution in [0.2, 0.25) is 0 Å². The number of piperidine rings is 3. The minimum atomic E-state index is -0.283. The number of aliphatic hydroxyl groups excluding tert-OH is 1. The van der Waals surface area contributed by atoms with Gasteiger partial charge in [0.1, 0.15) is 5.75 Å². The van der Waals surface area contributed by atoms with Crippen LogP contribution in [-0.2, 0) is 0 Å². The molecule has 18 heavy (non-hydrogen) atoms. The van der Waals surface area contributed by atoms with Gasteiger partial charge in [-0.3, -0.25) is 0 Å². The third kappa shape index (κ3) is 1.99.